The lowest BCUT2D eigenvalue weighted by Crippen LogP contribution is -2.43. The van der Waals surface area contributed by atoms with Crippen LogP contribution < -0.4 is 5.73 Å². The fourth-order valence-electron chi connectivity index (χ4n) is 4.49. The molecule has 2 aliphatic carbocycles. The maximum absolute atomic E-state index is 6.09. The van der Waals surface area contributed by atoms with Crippen molar-refractivity contribution in [2.75, 3.05) is 6.54 Å². The highest BCUT2D eigenvalue weighted by Gasteiger charge is 2.33. The molecule has 0 bridgehead atoms. The Hall–Kier alpha value is -0.860. The van der Waals surface area contributed by atoms with Crippen molar-refractivity contribution in [2.45, 2.75) is 76.4 Å². The van der Waals surface area contributed by atoms with Gasteiger partial charge in [-0.3, -0.25) is 4.90 Å². The fourth-order valence-corrected chi connectivity index (χ4v) is 4.49. The van der Waals surface area contributed by atoms with Crippen LogP contribution in [0.25, 0.3) is 0 Å². The fraction of sp³-hybridized carbons (Fsp3) is 0.684. The summed E-state index contributed by atoms with van der Waals surface area (Å²) in [5.74, 6) is 0.718. The summed E-state index contributed by atoms with van der Waals surface area (Å²) < 4.78 is 0. The second-order valence-electron chi connectivity index (χ2n) is 7.02. The molecule has 3 rings (SSSR count). The number of hydrogen-bond acceptors (Lipinski definition) is 2. The van der Waals surface area contributed by atoms with Crippen LogP contribution in [0.1, 0.15) is 75.5 Å². The average Bonchev–Trinajstić information content (AvgIpc) is 2.52. The van der Waals surface area contributed by atoms with Gasteiger partial charge in [0, 0.05) is 18.1 Å². The molecule has 1 aromatic rings. The molecular formula is C19H30N2. The first-order valence-electron chi connectivity index (χ1n) is 8.80. The van der Waals surface area contributed by atoms with Crippen molar-refractivity contribution < 1.29 is 0 Å². The Morgan fingerprint density at radius 3 is 2.33 bits per heavy atom. The van der Waals surface area contributed by atoms with Crippen LogP contribution in [-0.4, -0.2) is 23.5 Å². The van der Waals surface area contributed by atoms with Crippen molar-refractivity contribution in [3.63, 3.8) is 0 Å². The Morgan fingerprint density at radius 2 is 1.67 bits per heavy atom. The van der Waals surface area contributed by atoms with Crippen LogP contribution in [0.2, 0.25) is 0 Å². The lowest BCUT2D eigenvalue weighted by Gasteiger charge is -2.43. The molecule has 0 heterocycles. The van der Waals surface area contributed by atoms with E-state index in [1.165, 1.54) is 38.5 Å². The third kappa shape index (κ3) is 3.02. The Morgan fingerprint density at radius 1 is 1.00 bits per heavy atom. The summed E-state index contributed by atoms with van der Waals surface area (Å²) in [6.45, 7) is 5.87. The summed E-state index contributed by atoms with van der Waals surface area (Å²) in [5.41, 5.74) is 9.27. The number of hydrogen-bond donors (Lipinski definition) is 1. The van der Waals surface area contributed by atoms with Gasteiger partial charge in [-0.05, 0) is 62.1 Å². The summed E-state index contributed by atoms with van der Waals surface area (Å²) in [7, 11) is 0. The molecule has 0 saturated heterocycles. The molecule has 2 aliphatic rings. The highest BCUT2D eigenvalue weighted by molar-refractivity contribution is 5.35. The van der Waals surface area contributed by atoms with Crippen LogP contribution in [0.15, 0.2) is 24.3 Å². The van der Waals surface area contributed by atoms with Crippen LogP contribution >= 0.6 is 0 Å². The molecule has 21 heavy (non-hydrogen) atoms. The Balaban J connectivity index is 1.83. The number of rotatable bonds is 3. The third-order valence-corrected chi connectivity index (χ3v) is 5.73. The standard InChI is InChI=1S/C19H30N2/c1-3-21(16-11-9-15(20)10-12-16)19-13-8-14(2)17-6-4-5-7-18(17)19/h4-7,14-16,19H,3,8-13,20H2,1-2H3. The smallest absolute Gasteiger partial charge is 0.0353 e. The first kappa shape index (κ1) is 15.1. The van der Waals surface area contributed by atoms with Gasteiger partial charge >= 0.3 is 0 Å². The molecule has 0 amide bonds. The minimum absolute atomic E-state index is 0.443. The molecule has 1 aromatic carbocycles. The van der Waals surface area contributed by atoms with Crippen molar-refractivity contribution in [2.24, 2.45) is 5.73 Å². The molecule has 0 spiro atoms. The summed E-state index contributed by atoms with van der Waals surface area (Å²) >= 11 is 0. The zero-order valence-corrected chi connectivity index (χ0v) is 13.6. The van der Waals surface area contributed by atoms with Crippen molar-refractivity contribution >= 4 is 0 Å². The summed E-state index contributed by atoms with van der Waals surface area (Å²) in [6.07, 6.45) is 7.60. The molecule has 2 unspecified atom stereocenters. The van der Waals surface area contributed by atoms with E-state index in [-0.39, 0.29) is 0 Å². The van der Waals surface area contributed by atoms with Crippen LogP contribution in [0.3, 0.4) is 0 Å². The zero-order chi connectivity index (χ0) is 14.8. The molecule has 1 fully saturated rings. The Bertz CT molecular complexity index is 462. The maximum atomic E-state index is 6.09. The molecule has 1 saturated carbocycles. The predicted octanol–water partition coefficient (Wildman–Crippen LogP) is 4.22. The van der Waals surface area contributed by atoms with E-state index in [1.54, 1.807) is 11.1 Å². The van der Waals surface area contributed by atoms with Crippen molar-refractivity contribution in [3.05, 3.63) is 35.4 Å². The van der Waals surface area contributed by atoms with Crippen LogP contribution in [0.4, 0.5) is 0 Å². The lowest BCUT2D eigenvalue weighted by atomic mass is 9.79. The van der Waals surface area contributed by atoms with Gasteiger partial charge in [0.2, 0.25) is 0 Å². The van der Waals surface area contributed by atoms with E-state index in [1.807, 2.05) is 0 Å². The second kappa shape index (κ2) is 6.50. The highest BCUT2D eigenvalue weighted by Crippen LogP contribution is 2.42. The molecule has 2 N–H and O–H groups in total. The van der Waals surface area contributed by atoms with Gasteiger partial charge in [0.1, 0.15) is 0 Å². The van der Waals surface area contributed by atoms with E-state index < -0.39 is 0 Å². The molecular weight excluding hydrogens is 256 g/mol. The van der Waals surface area contributed by atoms with Crippen molar-refractivity contribution in [1.82, 2.24) is 4.90 Å². The van der Waals surface area contributed by atoms with Crippen LogP contribution in [-0.2, 0) is 0 Å². The maximum Gasteiger partial charge on any atom is 0.0353 e. The van der Waals surface area contributed by atoms with Gasteiger partial charge in [0.25, 0.3) is 0 Å². The summed E-state index contributed by atoms with van der Waals surface area (Å²) in [4.78, 5) is 2.77. The number of fused-ring (bicyclic) bond motifs is 1. The van der Waals surface area contributed by atoms with E-state index in [4.69, 9.17) is 5.73 Å². The van der Waals surface area contributed by atoms with Gasteiger partial charge in [0.05, 0.1) is 0 Å². The minimum atomic E-state index is 0.443. The van der Waals surface area contributed by atoms with Gasteiger partial charge in [-0.1, -0.05) is 38.1 Å². The highest BCUT2D eigenvalue weighted by atomic mass is 15.2. The van der Waals surface area contributed by atoms with E-state index in [9.17, 15) is 0 Å². The van der Waals surface area contributed by atoms with E-state index in [0.717, 1.165) is 18.5 Å². The van der Waals surface area contributed by atoms with Crippen molar-refractivity contribution in [1.29, 1.82) is 0 Å². The van der Waals surface area contributed by atoms with Gasteiger partial charge < -0.3 is 5.73 Å². The van der Waals surface area contributed by atoms with E-state index in [0.29, 0.717) is 12.1 Å². The number of nitrogens with zero attached hydrogens (tertiary/aromatic N) is 1. The first-order valence-corrected chi connectivity index (χ1v) is 8.80. The molecule has 0 radical (unpaired) electrons. The largest absolute Gasteiger partial charge is 0.328 e. The minimum Gasteiger partial charge on any atom is -0.328 e. The molecule has 2 atom stereocenters. The summed E-state index contributed by atoms with van der Waals surface area (Å²) in [6, 6.07) is 10.9. The SMILES string of the molecule is CCN(C1CCC(N)CC1)C1CCC(C)c2ccccc21. The Kier molecular flexibility index (Phi) is 4.66. The van der Waals surface area contributed by atoms with E-state index >= 15 is 0 Å². The zero-order valence-electron chi connectivity index (χ0n) is 13.6. The quantitative estimate of drug-likeness (QED) is 0.901. The van der Waals surface area contributed by atoms with Crippen molar-refractivity contribution in [3.8, 4) is 0 Å². The summed E-state index contributed by atoms with van der Waals surface area (Å²) in [5, 5.41) is 0. The Labute approximate surface area is 129 Å². The van der Waals surface area contributed by atoms with Gasteiger partial charge in [0.15, 0.2) is 0 Å². The normalized spacial score (nSPS) is 33.0. The predicted molar refractivity (Wildman–Crippen MR) is 89.4 cm³/mol. The molecule has 0 aromatic heterocycles. The van der Waals surface area contributed by atoms with Gasteiger partial charge in [-0.15, -0.1) is 0 Å². The monoisotopic (exact) mass is 286 g/mol. The first-order chi connectivity index (χ1) is 10.2. The topological polar surface area (TPSA) is 29.3 Å². The lowest BCUT2D eigenvalue weighted by molar-refractivity contribution is 0.0932. The van der Waals surface area contributed by atoms with Gasteiger partial charge in [-0.2, -0.15) is 0 Å². The van der Waals surface area contributed by atoms with Gasteiger partial charge in [-0.25, -0.2) is 0 Å². The van der Waals surface area contributed by atoms with Crippen LogP contribution in [0.5, 0.6) is 0 Å². The molecule has 2 nitrogen and oxygen atoms in total. The third-order valence-electron chi connectivity index (χ3n) is 5.73. The number of benzene rings is 1. The molecule has 2 heteroatoms. The van der Waals surface area contributed by atoms with Crippen LogP contribution in [0, 0.1) is 0 Å². The molecule has 116 valence electrons. The molecule has 0 aliphatic heterocycles. The second-order valence-corrected chi connectivity index (χ2v) is 7.02. The van der Waals surface area contributed by atoms with E-state index in [2.05, 4.69) is 43.0 Å². The average molecular weight is 286 g/mol. The number of nitrogens with two attached hydrogens (primary N) is 1.